The summed E-state index contributed by atoms with van der Waals surface area (Å²) in [6, 6.07) is 9.20. The Morgan fingerprint density at radius 1 is 0.784 bits per heavy atom. The molecule has 0 fully saturated rings. The van der Waals surface area contributed by atoms with Gasteiger partial charge in [-0.3, -0.25) is 4.79 Å². The summed E-state index contributed by atoms with van der Waals surface area (Å²) in [5.41, 5.74) is 8.90. The number of hydrogen-bond donors (Lipinski definition) is 0. The molecule has 0 aliphatic carbocycles. The molecule has 37 heavy (non-hydrogen) atoms. The summed E-state index contributed by atoms with van der Waals surface area (Å²) >= 11 is 0. The molecule has 3 rings (SSSR count). The van der Waals surface area contributed by atoms with E-state index in [9.17, 15) is 4.79 Å². The number of aryl methyl sites for hydroxylation is 2. The largest absolute Gasteiger partial charge is 0.482 e. The summed E-state index contributed by atoms with van der Waals surface area (Å²) < 4.78 is 6.11. The predicted octanol–water partition coefficient (Wildman–Crippen LogP) is 9.37. The molecule has 202 valence electrons. The molecule has 2 heteroatoms. The maximum Gasteiger partial charge on any atom is 0.133 e. The number of ether oxygens (including phenoxy) is 1. The Balaban J connectivity index is 1.68. The van der Waals surface area contributed by atoms with Crippen LogP contribution >= 0.6 is 0 Å². The highest BCUT2D eigenvalue weighted by Gasteiger charge is 2.40. The van der Waals surface area contributed by atoms with Gasteiger partial charge in [-0.2, -0.15) is 0 Å². The lowest BCUT2D eigenvalue weighted by Gasteiger charge is -2.42. The monoisotopic (exact) mass is 502 g/mol. The van der Waals surface area contributed by atoms with Crippen LogP contribution in [0.25, 0.3) is 6.08 Å². The van der Waals surface area contributed by atoms with Crippen molar-refractivity contribution in [3.8, 4) is 5.75 Å². The third-order valence-electron chi connectivity index (χ3n) is 7.64. The SMILES string of the molecule is C=Cc1c(C(C)(C)C)cc(CCCC(=O)CCc2cc(C(C)(C)C)c3c(c2)C(C)(C)O3)cc1C(C)(C)C. The Morgan fingerprint density at radius 3 is 1.73 bits per heavy atom. The summed E-state index contributed by atoms with van der Waals surface area (Å²) in [7, 11) is 0. The maximum atomic E-state index is 12.9. The lowest BCUT2D eigenvalue weighted by atomic mass is 9.75. The van der Waals surface area contributed by atoms with E-state index in [0.717, 1.165) is 25.0 Å². The normalized spacial score (nSPS) is 15.0. The zero-order chi connectivity index (χ0) is 28.0. The van der Waals surface area contributed by atoms with E-state index in [2.05, 4.69) is 107 Å². The average molecular weight is 503 g/mol. The Labute approximate surface area is 226 Å². The first-order valence-corrected chi connectivity index (χ1v) is 14.0. The second-order valence-electron chi connectivity index (χ2n) is 14.6. The molecule has 1 heterocycles. The number of Topliss-reactive ketones (excluding diaryl/α,β-unsaturated/α-hetero) is 1. The van der Waals surface area contributed by atoms with E-state index < -0.39 is 0 Å². The van der Waals surface area contributed by atoms with E-state index in [1.165, 1.54) is 38.9 Å². The van der Waals surface area contributed by atoms with Gasteiger partial charge in [0.2, 0.25) is 0 Å². The summed E-state index contributed by atoms with van der Waals surface area (Å²) in [5.74, 6) is 1.39. The Hall–Kier alpha value is -2.35. The van der Waals surface area contributed by atoms with Gasteiger partial charge in [0, 0.05) is 24.0 Å². The molecule has 0 bridgehead atoms. The number of rotatable bonds is 8. The minimum atomic E-state index is -0.242. The van der Waals surface area contributed by atoms with Crippen LogP contribution in [-0.2, 0) is 39.5 Å². The Bertz CT molecular complexity index is 1140. The molecule has 0 saturated heterocycles. The molecule has 1 aliphatic heterocycles. The molecule has 2 nitrogen and oxygen atoms in total. The van der Waals surface area contributed by atoms with Gasteiger partial charge in [0.1, 0.15) is 17.1 Å². The molecular weight excluding hydrogens is 452 g/mol. The molecule has 0 radical (unpaired) electrons. The number of benzene rings is 2. The van der Waals surface area contributed by atoms with Crippen LogP contribution in [0.4, 0.5) is 0 Å². The van der Waals surface area contributed by atoms with Gasteiger partial charge in [-0.05, 0) is 83.2 Å². The number of ketones is 1. The molecule has 2 aromatic rings. The van der Waals surface area contributed by atoms with Gasteiger partial charge < -0.3 is 4.74 Å². The zero-order valence-electron chi connectivity index (χ0n) is 25.4. The molecule has 0 amide bonds. The summed E-state index contributed by atoms with van der Waals surface area (Å²) in [5, 5.41) is 0. The molecule has 1 aliphatic rings. The van der Waals surface area contributed by atoms with Crippen LogP contribution in [0.15, 0.2) is 30.8 Å². The van der Waals surface area contributed by atoms with Crippen LogP contribution < -0.4 is 4.74 Å². The molecule has 2 aromatic carbocycles. The molecule has 0 N–H and O–H groups in total. The Kier molecular flexibility index (Phi) is 7.96. The van der Waals surface area contributed by atoms with Gasteiger partial charge in [0.15, 0.2) is 0 Å². The highest BCUT2D eigenvalue weighted by atomic mass is 16.5. The fourth-order valence-electron chi connectivity index (χ4n) is 5.43. The zero-order valence-corrected chi connectivity index (χ0v) is 25.4. The van der Waals surface area contributed by atoms with Gasteiger partial charge in [-0.1, -0.05) is 93.2 Å². The number of carbonyl (C=O) groups is 1. The van der Waals surface area contributed by atoms with E-state index in [0.29, 0.717) is 18.6 Å². The molecule has 0 atom stereocenters. The molecule has 0 spiro atoms. The van der Waals surface area contributed by atoms with E-state index in [-0.39, 0.29) is 21.8 Å². The number of carbonyl (C=O) groups excluding carboxylic acids is 1. The molecule has 0 aromatic heterocycles. The van der Waals surface area contributed by atoms with Crippen molar-refractivity contribution in [3.63, 3.8) is 0 Å². The van der Waals surface area contributed by atoms with Crippen LogP contribution in [-0.4, -0.2) is 5.78 Å². The lowest BCUT2D eigenvalue weighted by molar-refractivity contribution is -0.119. The first-order valence-electron chi connectivity index (χ1n) is 14.0. The van der Waals surface area contributed by atoms with E-state index >= 15 is 0 Å². The highest BCUT2D eigenvalue weighted by molar-refractivity contribution is 5.78. The van der Waals surface area contributed by atoms with E-state index in [1.54, 1.807) is 0 Å². The van der Waals surface area contributed by atoms with Crippen LogP contribution in [0.1, 0.15) is 134 Å². The maximum absolute atomic E-state index is 12.9. The van der Waals surface area contributed by atoms with Crippen molar-refractivity contribution in [1.29, 1.82) is 0 Å². The van der Waals surface area contributed by atoms with Crippen LogP contribution in [0.5, 0.6) is 5.75 Å². The molecule has 0 saturated carbocycles. The smallest absolute Gasteiger partial charge is 0.133 e. The molecular formula is C35H50O2. The minimum Gasteiger partial charge on any atom is -0.482 e. The predicted molar refractivity (Wildman–Crippen MR) is 159 cm³/mol. The highest BCUT2D eigenvalue weighted by Crippen LogP contribution is 2.49. The van der Waals surface area contributed by atoms with Crippen molar-refractivity contribution in [3.05, 3.63) is 69.8 Å². The second-order valence-corrected chi connectivity index (χ2v) is 14.6. The lowest BCUT2D eigenvalue weighted by Crippen LogP contribution is -2.37. The third kappa shape index (κ3) is 6.57. The molecule has 0 unspecified atom stereocenters. The number of hydrogen-bond acceptors (Lipinski definition) is 2. The standard InChI is InChI=1S/C35H50O2/c1-13-26-27(32(2,3)4)19-23(20-28(26)33(5,6)7)15-14-16-25(36)18-17-24-21-29(34(8,9)10)31-30(22-24)35(11,12)37-31/h13,19-22H,1,14-18H2,2-12H3. The van der Waals surface area contributed by atoms with Crippen molar-refractivity contribution >= 4 is 11.9 Å². The van der Waals surface area contributed by atoms with Crippen molar-refractivity contribution in [2.45, 2.75) is 130 Å². The quantitative estimate of drug-likeness (QED) is 0.359. The fraction of sp³-hybridized carbons (Fsp3) is 0.571. The van der Waals surface area contributed by atoms with Crippen molar-refractivity contribution < 1.29 is 9.53 Å². The van der Waals surface area contributed by atoms with Gasteiger partial charge in [-0.15, -0.1) is 0 Å². The third-order valence-corrected chi connectivity index (χ3v) is 7.64. The topological polar surface area (TPSA) is 26.3 Å². The Morgan fingerprint density at radius 2 is 1.27 bits per heavy atom. The number of fused-ring (bicyclic) bond motifs is 1. The van der Waals surface area contributed by atoms with E-state index in [4.69, 9.17) is 4.74 Å². The van der Waals surface area contributed by atoms with Gasteiger partial charge in [0.05, 0.1) is 0 Å². The van der Waals surface area contributed by atoms with Gasteiger partial charge in [-0.25, -0.2) is 0 Å². The van der Waals surface area contributed by atoms with E-state index in [1.807, 2.05) is 6.08 Å². The minimum absolute atomic E-state index is 0.0135. The summed E-state index contributed by atoms with van der Waals surface area (Å²) in [4.78, 5) is 12.9. The first kappa shape index (κ1) is 29.2. The van der Waals surface area contributed by atoms with Crippen LogP contribution in [0.3, 0.4) is 0 Å². The second kappa shape index (κ2) is 10.1. The van der Waals surface area contributed by atoms with Crippen molar-refractivity contribution in [1.82, 2.24) is 0 Å². The van der Waals surface area contributed by atoms with Gasteiger partial charge in [0.25, 0.3) is 0 Å². The first-order chi connectivity index (χ1) is 16.8. The van der Waals surface area contributed by atoms with Crippen molar-refractivity contribution in [2.75, 3.05) is 0 Å². The van der Waals surface area contributed by atoms with Crippen molar-refractivity contribution in [2.24, 2.45) is 0 Å². The average Bonchev–Trinajstić information content (AvgIpc) is 2.75. The fourth-order valence-corrected chi connectivity index (χ4v) is 5.43. The summed E-state index contributed by atoms with van der Waals surface area (Å²) in [6.07, 6.45) is 5.85. The summed E-state index contributed by atoms with van der Waals surface area (Å²) in [6.45, 7) is 28.7. The van der Waals surface area contributed by atoms with Gasteiger partial charge >= 0.3 is 0 Å². The van der Waals surface area contributed by atoms with Crippen LogP contribution in [0, 0.1) is 0 Å². The van der Waals surface area contributed by atoms with Crippen LogP contribution in [0.2, 0.25) is 0 Å².